The van der Waals surface area contributed by atoms with Gasteiger partial charge >= 0.3 is 12.0 Å². The smallest absolute Gasteiger partial charge is 0.317 e. The number of aliphatic carboxylic acids is 1. The van der Waals surface area contributed by atoms with Crippen LogP contribution in [0.15, 0.2) is 24.3 Å². The van der Waals surface area contributed by atoms with Crippen molar-refractivity contribution in [1.82, 2.24) is 10.2 Å². The molecule has 2 atom stereocenters. The number of piperidine rings is 1. The SMILES string of the molecule is COc1ccc(OCCNC(=O)N2CC(C)CC(C(=O)O)C2)cc1. The average molecular weight is 336 g/mol. The third kappa shape index (κ3) is 5.04. The van der Waals surface area contributed by atoms with Crippen LogP contribution in [-0.2, 0) is 4.79 Å². The lowest BCUT2D eigenvalue weighted by Crippen LogP contribution is -2.50. The Morgan fingerprint density at radius 2 is 1.92 bits per heavy atom. The third-order valence-electron chi connectivity index (χ3n) is 4.00. The summed E-state index contributed by atoms with van der Waals surface area (Å²) in [6.07, 6.45) is 0.611. The normalized spacial score (nSPS) is 20.3. The highest BCUT2D eigenvalue weighted by Gasteiger charge is 2.31. The van der Waals surface area contributed by atoms with Crippen LogP contribution in [0.25, 0.3) is 0 Å². The molecule has 1 fully saturated rings. The van der Waals surface area contributed by atoms with Gasteiger partial charge in [0.05, 0.1) is 19.6 Å². The van der Waals surface area contributed by atoms with Gasteiger partial charge in [0.2, 0.25) is 0 Å². The number of nitrogens with zero attached hydrogens (tertiary/aromatic N) is 1. The van der Waals surface area contributed by atoms with Crippen molar-refractivity contribution in [2.75, 3.05) is 33.4 Å². The first-order chi connectivity index (χ1) is 11.5. The molecule has 1 aromatic rings. The predicted molar refractivity (Wildman–Crippen MR) is 88.4 cm³/mol. The number of hydrogen-bond acceptors (Lipinski definition) is 4. The second-order valence-electron chi connectivity index (χ2n) is 6.04. The van der Waals surface area contributed by atoms with Gasteiger partial charge in [0.1, 0.15) is 18.1 Å². The van der Waals surface area contributed by atoms with Crippen molar-refractivity contribution < 1.29 is 24.2 Å². The van der Waals surface area contributed by atoms with Crippen LogP contribution >= 0.6 is 0 Å². The Morgan fingerprint density at radius 3 is 2.54 bits per heavy atom. The molecule has 0 saturated carbocycles. The topological polar surface area (TPSA) is 88.1 Å². The van der Waals surface area contributed by atoms with Crippen molar-refractivity contribution in [2.45, 2.75) is 13.3 Å². The largest absolute Gasteiger partial charge is 0.497 e. The summed E-state index contributed by atoms with van der Waals surface area (Å²) in [5.74, 6) is 0.295. The van der Waals surface area contributed by atoms with Crippen LogP contribution in [0.3, 0.4) is 0 Å². The van der Waals surface area contributed by atoms with Crippen LogP contribution in [0.4, 0.5) is 4.79 Å². The van der Waals surface area contributed by atoms with Gasteiger partial charge in [-0.25, -0.2) is 4.79 Å². The van der Waals surface area contributed by atoms with Crippen molar-refractivity contribution in [3.05, 3.63) is 24.3 Å². The molecule has 0 aromatic heterocycles. The monoisotopic (exact) mass is 336 g/mol. The Morgan fingerprint density at radius 1 is 1.25 bits per heavy atom. The number of carboxylic acids is 1. The van der Waals surface area contributed by atoms with Gasteiger partial charge in [-0.1, -0.05) is 6.92 Å². The minimum absolute atomic E-state index is 0.182. The lowest BCUT2D eigenvalue weighted by molar-refractivity contribution is -0.143. The summed E-state index contributed by atoms with van der Waals surface area (Å²) in [5.41, 5.74) is 0. The van der Waals surface area contributed by atoms with E-state index < -0.39 is 11.9 Å². The van der Waals surface area contributed by atoms with Gasteiger partial charge in [0.25, 0.3) is 0 Å². The predicted octanol–water partition coefficient (Wildman–Crippen LogP) is 1.83. The molecule has 0 spiro atoms. The highest BCUT2D eigenvalue weighted by atomic mass is 16.5. The molecule has 1 heterocycles. The van der Waals surface area contributed by atoms with E-state index in [2.05, 4.69) is 5.32 Å². The molecular formula is C17H24N2O5. The maximum Gasteiger partial charge on any atom is 0.317 e. The van der Waals surface area contributed by atoms with Gasteiger partial charge in [-0.2, -0.15) is 0 Å². The van der Waals surface area contributed by atoms with Gasteiger partial charge in [0.15, 0.2) is 0 Å². The van der Waals surface area contributed by atoms with Crippen LogP contribution in [0.2, 0.25) is 0 Å². The molecule has 2 amide bonds. The van der Waals surface area contributed by atoms with E-state index in [0.29, 0.717) is 31.9 Å². The highest BCUT2D eigenvalue weighted by Crippen LogP contribution is 2.21. The number of amides is 2. The summed E-state index contributed by atoms with van der Waals surface area (Å²) in [7, 11) is 1.60. The fourth-order valence-corrected chi connectivity index (χ4v) is 2.81. The zero-order valence-electron chi connectivity index (χ0n) is 14.0. The van der Waals surface area contributed by atoms with Crippen LogP contribution in [0.1, 0.15) is 13.3 Å². The lowest BCUT2D eigenvalue weighted by Gasteiger charge is -2.34. The van der Waals surface area contributed by atoms with Crippen LogP contribution in [0.5, 0.6) is 11.5 Å². The standard InChI is InChI=1S/C17H24N2O5/c1-12-9-13(16(20)21)11-19(10-12)17(22)18-7-8-24-15-5-3-14(23-2)4-6-15/h3-6,12-13H,7-11H2,1-2H3,(H,18,22)(H,20,21). The van der Waals surface area contributed by atoms with Crippen molar-refractivity contribution in [1.29, 1.82) is 0 Å². The maximum atomic E-state index is 12.2. The Labute approximate surface area is 141 Å². The fraction of sp³-hybridized carbons (Fsp3) is 0.529. The molecule has 2 N–H and O–H groups in total. The zero-order valence-corrected chi connectivity index (χ0v) is 14.0. The molecular weight excluding hydrogens is 312 g/mol. The number of carbonyl (C=O) groups is 2. The van der Waals surface area contributed by atoms with Crippen molar-refractivity contribution in [3.8, 4) is 11.5 Å². The number of likely N-dealkylation sites (tertiary alicyclic amines) is 1. The van der Waals surface area contributed by atoms with E-state index in [1.54, 1.807) is 36.3 Å². The quantitative estimate of drug-likeness (QED) is 0.774. The molecule has 2 unspecified atom stereocenters. The molecule has 2 rings (SSSR count). The molecule has 1 aliphatic heterocycles. The number of rotatable bonds is 6. The first-order valence-corrected chi connectivity index (χ1v) is 8.02. The number of benzene rings is 1. The minimum atomic E-state index is -0.845. The molecule has 0 aliphatic carbocycles. The number of nitrogens with one attached hydrogen (secondary N) is 1. The van der Waals surface area contributed by atoms with Crippen LogP contribution in [0, 0.1) is 11.8 Å². The highest BCUT2D eigenvalue weighted by molar-refractivity contribution is 5.76. The lowest BCUT2D eigenvalue weighted by atomic mass is 9.91. The molecule has 24 heavy (non-hydrogen) atoms. The third-order valence-corrected chi connectivity index (χ3v) is 4.00. The van der Waals surface area contributed by atoms with E-state index >= 15 is 0 Å². The molecule has 7 heteroatoms. The summed E-state index contributed by atoms with van der Waals surface area (Å²) in [4.78, 5) is 24.9. The Hall–Kier alpha value is -2.44. The van der Waals surface area contributed by atoms with E-state index in [1.807, 2.05) is 6.92 Å². The second kappa shape index (κ2) is 8.42. The van der Waals surface area contributed by atoms with Crippen molar-refractivity contribution in [3.63, 3.8) is 0 Å². The Bertz CT molecular complexity index is 561. The fourth-order valence-electron chi connectivity index (χ4n) is 2.81. The summed E-state index contributed by atoms with van der Waals surface area (Å²) < 4.78 is 10.6. The minimum Gasteiger partial charge on any atom is -0.497 e. The number of methoxy groups -OCH3 is 1. The van der Waals surface area contributed by atoms with Gasteiger partial charge in [-0.15, -0.1) is 0 Å². The first kappa shape index (κ1) is 17.9. The van der Waals surface area contributed by atoms with Crippen molar-refractivity contribution in [2.24, 2.45) is 11.8 Å². The summed E-state index contributed by atoms with van der Waals surface area (Å²) in [6.45, 7) is 3.49. The van der Waals surface area contributed by atoms with Gasteiger partial charge in [-0.3, -0.25) is 4.79 Å². The average Bonchev–Trinajstić information content (AvgIpc) is 2.58. The molecule has 1 aliphatic rings. The van der Waals surface area contributed by atoms with Crippen molar-refractivity contribution >= 4 is 12.0 Å². The van der Waals surface area contributed by atoms with E-state index in [4.69, 9.17) is 14.6 Å². The van der Waals surface area contributed by atoms with E-state index in [0.717, 1.165) is 5.75 Å². The molecule has 132 valence electrons. The molecule has 0 radical (unpaired) electrons. The molecule has 1 aromatic carbocycles. The van der Waals surface area contributed by atoms with E-state index in [-0.39, 0.29) is 18.5 Å². The molecule has 1 saturated heterocycles. The first-order valence-electron chi connectivity index (χ1n) is 8.02. The number of hydrogen-bond donors (Lipinski definition) is 2. The number of ether oxygens (including phenoxy) is 2. The summed E-state index contributed by atoms with van der Waals surface area (Å²) >= 11 is 0. The van der Waals surface area contributed by atoms with Gasteiger partial charge in [0, 0.05) is 13.1 Å². The number of carbonyl (C=O) groups excluding carboxylic acids is 1. The Balaban J connectivity index is 1.73. The molecule has 0 bridgehead atoms. The zero-order chi connectivity index (χ0) is 17.5. The number of carboxylic acid groups (broad SMARTS) is 1. The summed E-state index contributed by atoms with van der Waals surface area (Å²) in [5, 5.41) is 11.9. The second-order valence-corrected chi connectivity index (χ2v) is 6.04. The maximum absolute atomic E-state index is 12.2. The molecule has 7 nitrogen and oxygen atoms in total. The van der Waals surface area contributed by atoms with E-state index in [1.165, 1.54) is 0 Å². The van der Waals surface area contributed by atoms with Crippen LogP contribution < -0.4 is 14.8 Å². The summed E-state index contributed by atoms with van der Waals surface area (Å²) in [6, 6.07) is 6.95. The van der Waals surface area contributed by atoms with E-state index in [9.17, 15) is 9.59 Å². The number of urea groups is 1. The van der Waals surface area contributed by atoms with Crippen LogP contribution in [-0.4, -0.2) is 55.4 Å². The van der Waals surface area contributed by atoms with Gasteiger partial charge < -0.3 is 24.8 Å². The Kier molecular flexibility index (Phi) is 6.28. The van der Waals surface area contributed by atoms with Gasteiger partial charge in [-0.05, 0) is 36.6 Å².